The molecule has 2 aromatic rings. The molecular formula is C12H17N5. The Morgan fingerprint density at radius 3 is 2.82 bits per heavy atom. The molecule has 0 saturated heterocycles. The van der Waals surface area contributed by atoms with Gasteiger partial charge in [-0.15, -0.1) is 10.2 Å². The maximum Gasteiger partial charge on any atom is 0.167 e. The van der Waals surface area contributed by atoms with Gasteiger partial charge in [-0.2, -0.15) is 5.10 Å². The largest absolute Gasteiger partial charge is 0.311 e. The van der Waals surface area contributed by atoms with Gasteiger partial charge >= 0.3 is 0 Å². The summed E-state index contributed by atoms with van der Waals surface area (Å²) in [6.45, 7) is 1.03. The summed E-state index contributed by atoms with van der Waals surface area (Å²) in [6, 6.07) is 0. The highest BCUT2D eigenvalue weighted by Crippen LogP contribution is 2.20. The Morgan fingerprint density at radius 1 is 1.06 bits per heavy atom. The molecule has 1 aliphatic rings. The highest BCUT2D eigenvalue weighted by Gasteiger charge is 2.14. The van der Waals surface area contributed by atoms with E-state index in [1.807, 2.05) is 12.4 Å². The Morgan fingerprint density at radius 2 is 1.94 bits per heavy atom. The number of hydrogen-bond donors (Lipinski definition) is 1. The molecule has 0 radical (unpaired) electrons. The van der Waals surface area contributed by atoms with E-state index in [1.165, 1.54) is 32.1 Å². The minimum Gasteiger partial charge on any atom is -0.311 e. The van der Waals surface area contributed by atoms with Crippen LogP contribution in [-0.4, -0.2) is 25.0 Å². The highest BCUT2D eigenvalue weighted by molar-refractivity contribution is 5.52. The lowest BCUT2D eigenvalue weighted by atomic mass is 10.1. The number of rotatable bonds is 1. The molecule has 5 nitrogen and oxygen atoms in total. The van der Waals surface area contributed by atoms with Gasteiger partial charge in [-0.1, -0.05) is 19.3 Å². The van der Waals surface area contributed by atoms with Crippen molar-refractivity contribution in [3.63, 3.8) is 0 Å². The third-order valence-electron chi connectivity index (χ3n) is 3.37. The fourth-order valence-electron chi connectivity index (χ4n) is 2.43. The third-order valence-corrected chi connectivity index (χ3v) is 3.37. The summed E-state index contributed by atoms with van der Waals surface area (Å²) in [5.41, 5.74) is 1.03. The van der Waals surface area contributed by atoms with Gasteiger partial charge in [0, 0.05) is 19.2 Å². The number of nitrogens with one attached hydrogen (secondary N) is 1. The Balaban J connectivity index is 1.96. The van der Waals surface area contributed by atoms with Crippen LogP contribution >= 0.6 is 0 Å². The minimum atomic E-state index is 0.954. The third kappa shape index (κ3) is 2.09. The van der Waals surface area contributed by atoms with E-state index < -0.39 is 0 Å². The first-order valence-electron chi connectivity index (χ1n) is 6.36. The van der Waals surface area contributed by atoms with Crippen molar-refractivity contribution in [2.45, 2.75) is 45.1 Å². The first-order valence-corrected chi connectivity index (χ1v) is 6.36. The molecule has 0 unspecified atom stereocenters. The van der Waals surface area contributed by atoms with Crippen LogP contribution in [0.2, 0.25) is 0 Å². The molecule has 2 aromatic heterocycles. The molecule has 3 heterocycles. The molecule has 1 aliphatic heterocycles. The van der Waals surface area contributed by atoms with Gasteiger partial charge in [0.2, 0.25) is 0 Å². The molecule has 1 N–H and O–H groups in total. The van der Waals surface area contributed by atoms with E-state index in [0.29, 0.717) is 0 Å². The van der Waals surface area contributed by atoms with Crippen molar-refractivity contribution < 1.29 is 0 Å². The molecule has 0 aliphatic carbocycles. The molecule has 0 spiro atoms. The van der Waals surface area contributed by atoms with E-state index in [2.05, 4.69) is 25.0 Å². The second kappa shape index (κ2) is 4.69. The van der Waals surface area contributed by atoms with Gasteiger partial charge in [0.1, 0.15) is 5.82 Å². The fourth-order valence-corrected chi connectivity index (χ4v) is 2.43. The van der Waals surface area contributed by atoms with Crippen LogP contribution in [0.25, 0.3) is 11.4 Å². The van der Waals surface area contributed by atoms with Crippen LogP contribution in [0.4, 0.5) is 0 Å². The van der Waals surface area contributed by atoms with E-state index in [1.54, 1.807) is 0 Å². The molecule has 0 amide bonds. The zero-order valence-corrected chi connectivity index (χ0v) is 9.89. The average molecular weight is 231 g/mol. The lowest BCUT2D eigenvalue weighted by molar-refractivity contribution is 0.587. The van der Waals surface area contributed by atoms with Crippen molar-refractivity contribution in [2.75, 3.05) is 0 Å². The molecule has 17 heavy (non-hydrogen) atoms. The standard InChI is InChI=1S/C12H17N5/c1-2-4-6-11-15-16-12(10-8-13-14-9-10)17(11)7-5-3-1/h8-9H,1-7H2,(H,13,14). The predicted octanol–water partition coefficient (Wildman–Crippen LogP) is 2.17. The molecule has 0 bridgehead atoms. The Labute approximate surface area is 100 Å². The lowest BCUT2D eigenvalue weighted by Gasteiger charge is -2.07. The van der Waals surface area contributed by atoms with E-state index >= 15 is 0 Å². The molecule has 0 atom stereocenters. The summed E-state index contributed by atoms with van der Waals surface area (Å²) in [4.78, 5) is 0. The summed E-state index contributed by atoms with van der Waals surface area (Å²) in [7, 11) is 0. The summed E-state index contributed by atoms with van der Waals surface area (Å²) >= 11 is 0. The number of H-pyrrole nitrogens is 1. The Hall–Kier alpha value is -1.65. The molecule has 0 saturated carbocycles. The van der Waals surface area contributed by atoms with Crippen LogP contribution in [-0.2, 0) is 13.0 Å². The van der Waals surface area contributed by atoms with Gasteiger partial charge in [-0.05, 0) is 12.8 Å². The Bertz CT molecular complexity index is 471. The summed E-state index contributed by atoms with van der Waals surface area (Å²) in [6.07, 6.45) is 11.1. The van der Waals surface area contributed by atoms with E-state index in [4.69, 9.17) is 0 Å². The first-order chi connectivity index (χ1) is 8.45. The summed E-state index contributed by atoms with van der Waals surface area (Å²) < 4.78 is 2.26. The highest BCUT2D eigenvalue weighted by atomic mass is 15.3. The van der Waals surface area contributed by atoms with Gasteiger partial charge in [0.15, 0.2) is 5.82 Å². The summed E-state index contributed by atoms with van der Waals surface area (Å²) in [5.74, 6) is 2.08. The lowest BCUT2D eigenvalue weighted by Crippen LogP contribution is -2.05. The molecule has 0 fully saturated rings. The zero-order chi connectivity index (χ0) is 11.5. The van der Waals surface area contributed by atoms with Crippen molar-refractivity contribution >= 4 is 0 Å². The van der Waals surface area contributed by atoms with Crippen molar-refractivity contribution in [3.05, 3.63) is 18.2 Å². The molecule has 0 aromatic carbocycles. The number of hydrogen-bond acceptors (Lipinski definition) is 3. The quantitative estimate of drug-likeness (QED) is 0.818. The first kappa shape index (κ1) is 10.5. The molecule has 5 heteroatoms. The van der Waals surface area contributed by atoms with Crippen LogP contribution in [0.15, 0.2) is 12.4 Å². The van der Waals surface area contributed by atoms with Gasteiger partial charge in [0.25, 0.3) is 0 Å². The van der Waals surface area contributed by atoms with Crippen LogP contribution in [0.5, 0.6) is 0 Å². The number of fused-ring (bicyclic) bond motifs is 1. The fraction of sp³-hybridized carbons (Fsp3) is 0.583. The van der Waals surface area contributed by atoms with Crippen LogP contribution in [0, 0.1) is 0 Å². The summed E-state index contributed by atoms with van der Waals surface area (Å²) in [5, 5.41) is 15.4. The second-order valence-electron chi connectivity index (χ2n) is 4.60. The molecule has 90 valence electrons. The van der Waals surface area contributed by atoms with Crippen molar-refractivity contribution in [3.8, 4) is 11.4 Å². The van der Waals surface area contributed by atoms with Crippen molar-refractivity contribution in [1.82, 2.24) is 25.0 Å². The SMILES string of the molecule is c1n[nH]cc1-c1nnc2n1CCCCCCC2. The van der Waals surface area contributed by atoms with E-state index in [0.717, 1.165) is 30.2 Å². The average Bonchev–Trinajstić information content (AvgIpc) is 2.97. The van der Waals surface area contributed by atoms with Crippen molar-refractivity contribution in [1.29, 1.82) is 0 Å². The van der Waals surface area contributed by atoms with Gasteiger partial charge in [-0.3, -0.25) is 5.10 Å². The molecule has 3 rings (SSSR count). The normalized spacial score (nSPS) is 16.9. The number of aryl methyl sites for hydroxylation is 1. The second-order valence-corrected chi connectivity index (χ2v) is 4.60. The maximum atomic E-state index is 4.33. The van der Waals surface area contributed by atoms with Gasteiger partial charge in [-0.25, -0.2) is 0 Å². The zero-order valence-electron chi connectivity index (χ0n) is 9.89. The van der Waals surface area contributed by atoms with Gasteiger partial charge in [0.05, 0.1) is 11.8 Å². The molecular weight excluding hydrogens is 214 g/mol. The topological polar surface area (TPSA) is 59.4 Å². The van der Waals surface area contributed by atoms with Gasteiger partial charge < -0.3 is 4.57 Å². The van der Waals surface area contributed by atoms with Crippen molar-refractivity contribution in [2.24, 2.45) is 0 Å². The van der Waals surface area contributed by atoms with E-state index in [-0.39, 0.29) is 0 Å². The van der Waals surface area contributed by atoms with E-state index in [9.17, 15) is 0 Å². The number of nitrogens with zero attached hydrogens (tertiary/aromatic N) is 4. The minimum absolute atomic E-state index is 0.954. The van der Waals surface area contributed by atoms with Crippen LogP contribution < -0.4 is 0 Å². The smallest absolute Gasteiger partial charge is 0.167 e. The Kier molecular flexibility index (Phi) is 2.90. The number of aromatic nitrogens is 5. The van der Waals surface area contributed by atoms with Crippen LogP contribution in [0.3, 0.4) is 0 Å². The van der Waals surface area contributed by atoms with Crippen LogP contribution in [0.1, 0.15) is 37.9 Å². The maximum absolute atomic E-state index is 4.33. The monoisotopic (exact) mass is 231 g/mol. The number of aromatic amines is 1. The predicted molar refractivity (Wildman–Crippen MR) is 64.4 cm³/mol.